The molecule has 1 fully saturated rings. The minimum atomic E-state index is -4.67. The van der Waals surface area contributed by atoms with Gasteiger partial charge in [0, 0.05) is 24.0 Å². The van der Waals surface area contributed by atoms with Crippen LogP contribution in [0.4, 0.5) is 13.2 Å². The first-order chi connectivity index (χ1) is 14.7. The third-order valence-electron chi connectivity index (χ3n) is 5.52. The van der Waals surface area contributed by atoms with Crippen LogP contribution in [0, 0.1) is 0 Å². The second kappa shape index (κ2) is 8.07. The number of hydrogen-bond acceptors (Lipinski definition) is 2. The Morgan fingerprint density at radius 2 is 1.77 bits per heavy atom. The normalized spacial score (nSPS) is 16.2. The summed E-state index contributed by atoms with van der Waals surface area (Å²) in [6.45, 7) is 3.36. The molecule has 0 bridgehead atoms. The van der Waals surface area contributed by atoms with E-state index in [1.807, 2.05) is 60.3 Å². The van der Waals surface area contributed by atoms with Crippen molar-refractivity contribution in [2.45, 2.75) is 50.9 Å². The molecule has 0 aliphatic heterocycles. The van der Waals surface area contributed by atoms with Crippen molar-refractivity contribution < 1.29 is 18.0 Å². The Hall–Kier alpha value is -2.74. The van der Waals surface area contributed by atoms with Gasteiger partial charge in [0.15, 0.2) is 5.69 Å². The van der Waals surface area contributed by atoms with E-state index in [4.69, 9.17) is 11.6 Å². The van der Waals surface area contributed by atoms with Crippen LogP contribution in [0.1, 0.15) is 61.6 Å². The third kappa shape index (κ3) is 4.35. The molecular formula is C22H22ClF3N4O. The van der Waals surface area contributed by atoms with Gasteiger partial charge in [-0.25, -0.2) is 0 Å². The highest BCUT2D eigenvalue weighted by Gasteiger charge is 2.43. The lowest BCUT2D eigenvalue weighted by Crippen LogP contribution is -2.34. The molecule has 2 heterocycles. The molecule has 5 nitrogen and oxygen atoms in total. The van der Waals surface area contributed by atoms with Crippen molar-refractivity contribution in [1.82, 2.24) is 19.7 Å². The summed E-state index contributed by atoms with van der Waals surface area (Å²) in [6, 6.07) is 10.3. The average Bonchev–Trinajstić information content (AvgIpc) is 3.27. The fraction of sp³-hybridized carbons (Fsp3) is 0.364. The number of alkyl halides is 3. The van der Waals surface area contributed by atoms with Crippen molar-refractivity contribution in [3.63, 3.8) is 0 Å². The molecule has 4 rings (SSSR count). The molecule has 164 valence electrons. The molecule has 3 aromatic rings. The number of aromatic nitrogens is 3. The smallest absolute Gasteiger partial charge is 0.348 e. The minimum Gasteiger partial charge on any atom is -0.348 e. The molecule has 1 N–H and O–H groups in total. The van der Waals surface area contributed by atoms with E-state index in [-0.39, 0.29) is 12.0 Å². The number of rotatable bonds is 6. The standard InChI is InChI=1S/C22H22ClF3N4O/c1-13(15-7-9-17(10-8-15)29-11-3-4-12-29)27-21(31)14(2)30-19(16-5-6-16)18(23)20(28-30)22(24,25)26/h3-4,7-14,16H,5-6H2,1-2H3,(H,27,31). The Morgan fingerprint density at radius 1 is 1.16 bits per heavy atom. The molecule has 1 amide bonds. The molecule has 1 aliphatic rings. The van der Waals surface area contributed by atoms with E-state index in [1.54, 1.807) is 0 Å². The molecule has 0 saturated heterocycles. The van der Waals surface area contributed by atoms with E-state index in [0.717, 1.165) is 28.8 Å². The van der Waals surface area contributed by atoms with Crippen molar-refractivity contribution in [1.29, 1.82) is 0 Å². The second-order valence-corrected chi connectivity index (χ2v) is 8.23. The van der Waals surface area contributed by atoms with Gasteiger partial charge >= 0.3 is 6.18 Å². The summed E-state index contributed by atoms with van der Waals surface area (Å²) in [5.41, 5.74) is 1.03. The topological polar surface area (TPSA) is 51.9 Å². The molecule has 2 aromatic heterocycles. The van der Waals surface area contributed by atoms with Crippen LogP contribution in [-0.4, -0.2) is 20.3 Å². The van der Waals surface area contributed by atoms with Gasteiger partial charge in [-0.2, -0.15) is 18.3 Å². The molecule has 1 saturated carbocycles. The number of nitrogens with one attached hydrogen (secondary N) is 1. The lowest BCUT2D eigenvalue weighted by molar-refractivity contribution is -0.141. The van der Waals surface area contributed by atoms with Gasteiger partial charge in [0.05, 0.1) is 16.8 Å². The van der Waals surface area contributed by atoms with Gasteiger partial charge in [0.1, 0.15) is 6.04 Å². The van der Waals surface area contributed by atoms with Crippen molar-refractivity contribution >= 4 is 17.5 Å². The average molecular weight is 451 g/mol. The lowest BCUT2D eigenvalue weighted by atomic mass is 10.1. The van der Waals surface area contributed by atoms with Gasteiger partial charge in [-0.1, -0.05) is 23.7 Å². The van der Waals surface area contributed by atoms with Crippen molar-refractivity contribution in [3.05, 3.63) is 70.8 Å². The van der Waals surface area contributed by atoms with E-state index in [1.165, 1.54) is 6.92 Å². The Morgan fingerprint density at radius 3 is 2.32 bits per heavy atom. The molecule has 0 radical (unpaired) electrons. The van der Waals surface area contributed by atoms with Crippen molar-refractivity contribution in [3.8, 4) is 5.69 Å². The summed E-state index contributed by atoms with van der Waals surface area (Å²) in [6.07, 6.45) is 0.673. The summed E-state index contributed by atoms with van der Waals surface area (Å²) in [7, 11) is 0. The number of amides is 1. The van der Waals surface area contributed by atoms with E-state index in [9.17, 15) is 18.0 Å². The fourth-order valence-electron chi connectivity index (χ4n) is 3.60. The Balaban J connectivity index is 1.51. The summed E-state index contributed by atoms with van der Waals surface area (Å²) in [5, 5.41) is 6.15. The predicted molar refractivity (Wildman–Crippen MR) is 111 cm³/mol. The highest BCUT2D eigenvalue weighted by atomic mass is 35.5. The largest absolute Gasteiger partial charge is 0.436 e. The van der Waals surface area contributed by atoms with E-state index >= 15 is 0 Å². The van der Waals surface area contributed by atoms with E-state index in [2.05, 4.69) is 10.4 Å². The monoisotopic (exact) mass is 450 g/mol. The number of hydrogen-bond donors (Lipinski definition) is 1. The van der Waals surface area contributed by atoms with Crippen LogP contribution in [0.3, 0.4) is 0 Å². The second-order valence-electron chi connectivity index (χ2n) is 7.85. The van der Waals surface area contributed by atoms with Gasteiger partial charge in [0.25, 0.3) is 0 Å². The van der Waals surface area contributed by atoms with Crippen LogP contribution in [0.25, 0.3) is 5.69 Å². The molecule has 31 heavy (non-hydrogen) atoms. The summed E-state index contributed by atoms with van der Waals surface area (Å²) < 4.78 is 43.0. The van der Waals surface area contributed by atoms with Gasteiger partial charge < -0.3 is 9.88 Å². The van der Waals surface area contributed by atoms with Crippen molar-refractivity contribution in [2.24, 2.45) is 0 Å². The number of nitrogens with zero attached hydrogens (tertiary/aromatic N) is 3. The zero-order valence-corrected chi connectivity index (χ0v) is 17.8. The molecule has 2 unspecified atom stereocenters. The quantitative estimate of drug-likeness (QED) is 0.526. The molecule has 2 atom stereocenters. The minimum absolute atomic E-state index is 0.0926. The highest BCUT2D eigenvalue weighted by molar-refractivity contribution is 6.32. The van der Waals surface area contributed by atoms with Gasteiger partial charge in [-0.15, -0.1) is 0 Å². The fourth-order valence-corrected chi connectivity index (χ4v) is 3.98. The van der Waals surface area contributed by atoms with E-state index in [0.29, 0.717) is 5.69 Å². The lowest BCUT2D eigenvalue weighted by Gasteiger charge is -2.20. The first-order valence-electron chi connectivity index (χ1n) is 10.1. The van der Waals surface area contributed by atoms with Gasteiger partial charge in [-0.3, -0.25) is 9.48 Å². The third-order valence-corrected chi connectivity index (χ3v) is 5.89. The van der Waals surface area contributed by atoms with Crippen LogP contribution in [-0.2, 0) is 11.0 Å². The number of carbonyl (C=O) groups is 1. The first kappa shape index (κ1) is 21.5. The molecule has 0 spiro atoms. The zero-order chi connectivity index (χ0) is 22.3. The Bertz CT molecular complexity index is 1070. The Kier molecular flexibility index (Phi) is 5.60. The van der Waals surface area contributed by atoms with Crippen LogP contribution >= 0.6 is 11.6 Å². The summed E-state index contributed by atoms with van der Waals surface area (Å²) >= 11 is 6.02. The van der Waals surface area contributed by atoms with Crippen molar-refractivity contribution in [2.75, 3.05) is 0 Å². The maximum Gasteiger partial charge on any atom is 0.436 e. The molecule has 1 aromatic carbocycles. The first-order valence-corrected chi connectivity index (χ1v) is 10.4. The van der Waals surface area contributed by atoms with Crippen LogP contribution in [0.15, 0.2) is 48.8 Å². The van der Waals surface area contributed by atoms with Gasteiger partial charge in [0.2, 0.25) is 5.91 Å². The van der Waals surface area contributed by atoms with Crippen LogP contribution in [0.2, 0.25) is 5.02 Å². The van der Waals surface area contributed by atoms with E-state index < -0.39 is 28.8 Å². The summed E-state index contributed by atoms with van der Waals surface area (Å²) in [4.78, 5) is 12.8. The maximum atomic E-state index is 13.3. The number of benzene rings is 1. The van der Waals surface area contributed by atoms with Crippen LogP contribution in [0.5, 0.6) is 0 Å². The highest BCUT2D eigenvalue weighted by Crippen LogP contribution is 2.47. The SMILES string of the molecule is CC(NC(=O)C(C)n1nc(C(F)(F)F)c(Cl)c1C1CC1)c1ccc(-n2cccc2)cc1. The molecular weight excluding hydrogens is 429 g/mol. The Labute approximate surface area is 182 Å². The predicted octanol–water partition coefficient (Wildman–Crippen LogP) is 5.66. The molecule has 9 heteroatoms. The molecule has 1 aliphatic carbocycles. The number of carbonyl (C=O) groups excluding carboxylic acids is 1. The summed E-state index contributed by atoms with van der Waals surface area (Å²) in [5.74, 6) is -0.512. The van der Waals surface area contributed by atoms with Gasteiger partial charge in [-0.05, 0) is 56.5 Å². The zero-order valence-electron chi connectivity index (χ0n) is 17.0. The number of halogens is 4. The van der Waals surface area contributed by atoms with Crippen LogP contribution < -0.4 is 5.32 Å². The maximum absolute atomic E-state index is 13.3.